The minimum atomic E-state index is -0.647. The van der Waals surface area contributed by atoms with Crippen molar-refractivity contribution in [2.24, 2.45) is 10.7 Å². The summed E-state index contributed by atoms with van der Waals surface area (Å²) in [6.07, 6.45) is 5.31. The Morgan fingerprint density at radius 3 is 2.48 bits per heavy atom. The number of hydrogen-bond donors (Lipinski definition) is 3. The first kappa shape index (κ1) is 26.6. The molecule has 1 aromatic carbocycles. The van der Waals surface area contributed by atoms with Gasteiger partial charge in [-0.1, -0.05) is 13.0 Å². The summed E-state index contributed by atoms with van der Waals surface area (Å²) >= 11 is 0. The zero-order chi connectivity index (χ0) is 18.5. The van der Waals surface area contributed by atoms with Crippen LogP contribution >= 0.6 is 37.2 Å². The molecule has 0 radical (unpaired) electrons. The van der Waals surface area contributed by atoms with E-state index in [2.05, 4.69) is 25.3 Å². The third-order valence-electron chi connectivity index (χ3n) is 3.77. The van der Waals surface area contributed by atoms with Crippen molar-refractivity contribution in [2.45, 2.75) is 19.4 Å². The number of nitrogens with two attached hydrogens (primary N) is 1. The molecule has 3 aromatic rings. The first-order chi connectivity index (χ1) is 12.6. The van der Waals surface area contributed by atoms with Crippen LogP contribution in [0.25, 0.3) is 11.1 Å². The van der Waals surface area contributed by atoms with E-state index >= 15 is 0 Å². The maximum Gasteiger partial charge on any atom is 0.194 e. The Kier molecular flexibility index (Phi) is 11.2. The SMILES string of the molecule is CCC(N=C(N)Nc1cnc[nH]1)c1ncccc1-c1cc(F)cc(F)c1.Cl.Cl.Cl. The van der Waals surface area contributed by atoms with Gasteiger partial charge in [0.15, 0.2) is 5.96 Å². The van der Waals surface area contributed by atoms with Crippen molar-refractivity contribution >= 4 is 49.0 Å². The van der Waals surface area contributed by atoms with Gasteiger partial charge in [0.1, 0.15) is 17.5 Å². The highest BCUT2D eigenvalue weighted by Crippen LogP contribution is 2.31. The summed E-state index contributed by atoms with van der Waals surface area (Å²) in [5, 5.41) is 2.90. The van der Waals surface area contributed by atoms with Crippen molar-refractivity contribution in [3.05, 3.63) is 66.4 Å². The smallest absolute Gasteiger partial charge is 0.194 e. The highest BCUT2D eigenvalue weighted by atomic mass is 35.5. The lowest BCUT2D eigenvalue weighted by molar-refractivity contribution is 0.584. The summed E-state index contributed by atoms with van der Waals surface area (Å²) in [6.45, 7) is 1.93. The van der Waals surface area contributed by atoms with Crippen LogP contribution in [0.5, 0.6) is 0 Å². The van der Waals surface area contributed by atoms with E-state index < -0.39 is 11.6 Å². The number of imidazole rings is 1. The number of rotatable bonds is 5. The molecule has 29 heavy (non-hydrogen) atoms. The molecule has 1 unspecified atom stereocenters. The Bertz CT molecular complexity index is 901. The molecule has 0 amide bonds. The van der Waals surface area contributed by atoms with Gasteiger partial charge in [0.25, 0.3) is 0 Å². The van der Waals surface area contributed by atoms with Crippen molar-refractivity contribution in [1.29, 1.82) is 0 Å². The molecule has 4 N–H and O–H groups in total. The summed E-state index contributed by atoms with van der Waals surface area (Å²) in [6, 6.07) is 6.46. The number of H-pyrrole nitrogens is 1. The van der Waals surface area contributed by atoms with Gasteiger partial charge in [0.2, 0.25) is 0 Å². The van der Waals surface area contributed by atoms with Crippen molar-refractivity contribution in [3.63, 3.8) is 0 Å². The van der Waals surface area contributed by atoms with E-state index in [1.54, 1.807) is 24.5 Å². The lowest BCUT2D eigenvalue weighted by Gasteiger charge is -2.16. The first-order valence-corrected chi connectivity index (χ1v) is 8.07. The van der Waals surface area contributed by atoms with E-state index in [1.807, 2.05) is 6.92 Å². The third-order valence-corrected chi connectivity index (χ3v) is 3.77. The van der Waals surface area contributed by atoms with Gasteiger partial charge in [-0.3, -0.25) is 4.98 Å². The van der Waals surface area contributed by atoms with Crippen molar-refractivity contribution in [1.82, 2.24) is 15.0 Å². The molecule has 0 spiro atoms. The summed E-state index contributed by atoms with van der Waals surface area (Å²) < 4.78 is 27.2. The fourth-order valence-electron chi connectivity index (χ4n) is 2.64. The predicted octanol–water partition coefficient (Wildman–Crippen LogP) is 4.89. The molecule has 0 aliphatic rings. The summed E-state index contributed by atoms with van der Waals surface area (Å²) in [5.41, 5.74) is 7.56. The van der Waals surface area contributed by atoms with E-state index in [0.717, 1.165) is 6.07 Å². The number of aromatic amines is 1. The topological polar surface area (TPSA) is 92.0 Å². The second-order valence-electron chi connectivity index (χ2n) is 5.62. The third kappa shape index (κ3) is 6.85. The van der Waals surface area contributed by atoms with Gasteiger partial charge in [0, 0.05) is 17.8 Å². The zero-order valence-electron chi connectivity index (χ0n) is 15.3. The number of nitrogens with zero attached hydrogens (tertiary/aromatic N) is 3. The van der Waals surface area contributed by atoms with Crippen molar-refractivity contribution in [2.75, 3.05) is 5.32 Å². The van der Waals surface area contributed by atoms with Gasteiger partial charge in [-0.2, -0.15) is 0 Å². The van der Waals surface area contributed by atoms with Gasteiger partial charge < -0.3 is 16.0 Å². The number of guanidine groups is 1. The molecule has 0 bridgehead atoms. The van der Waals surface area contributed by atoms with E-state index in [1.165, 1.54) is 18.5 Å². The fourth-order valence-corrected chi connectivity index (χ4v) is 2.64. The lowest BCUT2D eigenvalue weighted by atomic mass is 9.98. The van der Waals surface area contributed by atoms with Gasteiger partial charge >= 0.3 is 0 Å². The van der Waals surface area contributed by atoms with E-state index in [9.17, 15) is 8.78 Å². The van der Waals surface area contributed by atoms with Crippen molar-refractivity contribution in [3.8, 4) is 11.1 Å². The lowest BCUT2D eigenvalue weighted by Crippen LogP contribution is -2.24. The average molecular weight is 466 g/mol. The maximum atomic E-state index is 13.6. The molecule has 0 saturated heterocycles. The van der Waals surface area contributed by atoms with Crippen LogP contribution in [0.2, 0.25) is 0 Å². The Balaban J connectivity index is 0.00000261. The number of benzene rings is 1. The number of hydrogen-bond acceptors (Lipinski definition) is 3. The molecule has 3 rings (SSSR count). The normalized spacial score (nSPS) is 11.5. The number of aromatic nitrogens is 3. The molecule has 0 saturated carbocycles. The summed E-state index contributed by atoms with van der Waals surface area (Å²) in [4.78, 5) is 15.6. The molecule has 0 fully saturated rings. The Morgan fingerprint density at radius 1 is 1.21 bits per heavy atom. The molecule has 11 heteroatoms. The molecule has 2 aromatic heterocycles. The summed E-state index contributed by atoms with van der Waals surface area (Å²) in [5.74, 6) is -0.503. The van der Waals surface area contributed by atoms with Crippen LogP contribution in [0.3, 0.4) is 0 Å². The van der Waals surface area contributed by atoms with Crippen molar-refractivity contribution < 1.29 is 8.78 Å². The Morgan fingerprint density at radius 2 is 1.90 bits per heavy atom. The van der Waals surface area contributed by atoms with E-state index in [4.69, 9.17) is 5.73 Å². The minimum Gasteiger partial charge on any atom is -0.370 e. The summed E-state index contributed by atoms with van der Waals surface area (Å²) in [7, 11) is 0. The average Bonchev–Trinajstić information content (AvgIpc) is 3.12. The van der Waals surface area contributed by atoms with Gasteiger partial charge in [-0.05, 0) is 30.2 Å². The number of anilines is 1. The molecule has 6 nitrogen and oxygen atoms in total. The van der Waals surface area contributed by atoms with Gasteiger partial charge in [0.05, 0.1) is 24.3 Å². The molecule has 0 aliphatic carbocycles. The van der Waals surface area contributed by atoms with E-state index in [0.29, 0.717) is 29.1 Å². The number of pyridine rings is 1. The second-order valence-corrected chi connectivity index (χ2v) is 5.62. The van der Waals surface area contributed by atoms with Crippen LogP contribution in [0.1, 0.15) is 25.1 Å². The van der Waals surface area contributed by atoms with Crippen LogP contribution in [0.15, 0.2) is 54.0 Å². The number of aliphatic imine (C=N–C) groups is 1. The number of halogens is 5. The van der Waals surface area contributed by atoms with Crippen LogP contribution < -0.4 is 11.1 Å². The second kappa shape index (κ2) is 12.2. The fraction of sp³-hybridized carbons (Fsp3) is 0.167. The molecular formula is C18H21Cl3F2N6. The molecule has 2 heterocycles. The molecular weight excluding hydrogens is 445 g/mol. The van der Waals surface area contributed by atoms with Gasteiger partial charge in [-0.25, -0.2) is 18.8 Å². The molecule has 1 atom stereocenters. The van der Waals surface area contributed by atoms with Crippen LogP contribution in [-0.4, -0.2) is 20.9 Å². The molecule has 0 aliphatic heterocycles. The quantitative estimate of drug-likeness (QED) is 0.369. The Hall–Kier alpha value is -2.42. The minimum absolute atomic E-state index is 0. The predicted molar refractivity (Wildman–Crippen MR) is 118 cm³/mol. The van der Waals surface area contributed by atoms with Crippen LogP contribution in [0.4, 0.5) is 14.6 Å². The zero-order valence-corrected chi connectivity index (χ0v) is 17.8. The largest absolute Gasteiger partial charge is 0.370 e. The monoisotopic (exact) mass is 464 g/mol. The maximum absolute atomic E-state index is 13.6. The van der Waals surface area contributed by atoms with Crippen LogP contribution in [0, 0.1) is 11.6 Å². The highest BCUT2D eigenvalue weighted by Gasteiger charge is 2.17. The molecule has 158 valence electrons. The Labute approximate surface area is 185 Å². The van der Waals surface area contributed by atoms with E-state index in [-0.39, 0.29) is 49.2 Å². The standard InChI is InChI=1S/C18H18F2N6.3ClH/c1-2-15(25-18(21)26-16-9-22-10-24-16)17-14(4-3-5-23-17)11-6-12(19)8-13(20)7-11;;;/h3-10,15H,2H2,1H3,(H,22,24)(H3,21,25,26);3*1H. The van der Waals surface area contributed by atoms with Gasteiger partial charge in [-0.15, -0.1) is 37.2 Å². The van der Waals surface area contributed by atoms with Crippen LogP contribution in [-0.2, 0) is 0 Å². The number of nitrogens with one attached hydrogen (secondary N) is 2. The highest BCUT2D eigenvalue weighted by molar-refractivity contribution is 5.91. The first-order valence-electron chi connectivity index (χ1n) is 8.07.